The SMILES string of the molecule is Cc1cccc(C(=O)N(C)CCCN(C(=N)CCC(=O)C2(C)C=CCC(Cl)=CC2)c2c(C)cccc2F)c1. The number of amidine groups is 1. The van der Waals surface area contributed by atoms with Gasteiger partial charge >= 0.3 is 0 Å². The second-order valence-electron chi connectivity index (χ2n) is 10.3. The topological polar surface area (TPSA) is 64.5 Å². The molecule has 0 aromatic heterocycles. The van der Waals surface area contributed by atoms with Crippen LogP contribution in [0.4, 0.5) is 10.1 Å². The maximum absolute atomic E-state index is 15.0. The van der Waals surface area contributed by atoms with Crippen molar-refractivity contribution in [2.75, 3.05) is 25.0 Å². The third kappa shape index (κ3) is 7.41. The lowest BCUT2D eigenvalue weighted by Gasteiger charge is -2.29. The molecule has 2 aromatic rings. The lowest BCUT2D eigenvalue weighted by Crippen LogP contribution is -2.36. The molecule has 38 heavy (non-hydrogen) atoms. The number of para-hydroxylation sites is 1. The van der Waals surface area contributed by atoms with Gasteiger partial charge in [-0.2, -0.15) is 0 Å². The number of carbonyl (C=O) groups is 2. The van der Waals surface area contributed by atoms with Crippen LogP contribution in [0.15, 0.2) is 65.7 Å². The number of rotatable bonds is 10. The number of anilines is 1. The highest BCUT2D eigenvalue weighted by Crippen LogP contribution is 2.33. The van der Waals surface area contributed by atoms with Gasteiger partial charge in [0.25, 0.3) is 5.91 Å². The number of hydrogen-bond acceptors (Lipinski definition) is 3. The summed E-state index contributed by atoms with van der Waals surface area (Å²) < 4.78 is 15.0. The summed E-state index contributed by atoms with van der Waals surface area (Å²) in [7, 11) is 1.75. The largest absolute Gasteiger partial charge is 0.342 e. The minimum absolute atomic E-state index is 0.0230. The summed E-state index contributed by atoms with van der Waals surface area (Å²) in [6, 6.07) is 12.3. The van der Waals surface area contributed by atoms with E-state index in [0.29, 0.717) is 49.2 Å². The molecular weight excluding hydrogens is 501 g/mol. The van der Waals surface area contributed by atoms with Crippen LogP contribution in [0.1, 0.15) is 60.5 Å². The van der Waals surface area contributed by atoms with Crippen LogP contribution in [0.25, 0.3) is 0 Å². The van der Waals surface area contributed by atoms with Gasteiger partial charge in [-0.25, -0.2) is 4.39 Å². The quantitative estimate of drug-likeness (QED) is 0.198. The first-order chi connectivity index (χ1) is 18.0. The van der Waals surface area contributed by atoms with Crippen LogP contribution in [0.3, 0.4) is 0 Å². The monoisotopic (exact) mass is 537 g/mol. The van der Waals surface area contributed by atoms with E-state index in [1.54, 1.807) is 29.0 Å². The van der Waals surface area contributed by atoms with Crippen molar-refractivity contribution in [3.8, 4) is 0 Å². The highest BCUT2D eigenvalue weighted by atomic mass is 35.5. The molecule has 0 spiro atoms. The third-order valence-corrected chi connectivity index (χ3v) is 7.35. The number of benzene rings is 2. The average Bonchev–Trinajstić information content (AvgIpc) is 3.06. The summed E-state index contributed by atoms with van der Waals surface area (Å²) in [4.78, 5) is 29.3. The van der Waals surface area contributed by atoms with Crippen molar-refractivity contribution < 1.29 is 14.0 Å². The maximum Gasteiger partial charge on any atom is 0.253 e. The third-order valence-electron chi connectivity index (χ3n) is 7.04. The van der Waals surface area contributed by atoms with Gasteiger partial charge in [-0.05, 0) is 57.4 Å². The van der Waals surface area contributed by atoms with Crippen molar-refractivity contribution in [2.24, 2.45) is 5.41 Å². The van der Waals surface area contributed by atoms with Gasteiger partial charge in [-0.15, -0.1) is 0 Å². The molecule has 1 atom stereocenters. The smallest absolute Gasteiger partial charge is 0.253 e. The van der Waals surface area contributed by atoms with Gasteiger partial charge in [0.2, 0.25) is 0 Å². The summed E-state index contributed by atoms with van der Waals surface area (Å²) >= 11 is 6.15. The Labute approximate surface area is 230 Å². The van der Waals surface area contributed by atoms with Crippen LogP contribution >= 0.6 is 11.6 Å². The van der Waals surface area contributed by atoms with Crippen molar-refractivity contribution in [1.29, 1.82) is 5.41 Å². The zero-order chi connectivity index (χ0) is 27.9. The van der Waals surface area contributed by atoms with Crippen molar-refractivity contribution in [1.82, 2.24) is 4.90 Å². The zero-order valence-electron chi connectivity index (χ0n) is 22.7. The number of allylic oxidation sites excluding steroid dienone is 4. The van der Waals surface area contributed by atoms with Crippen LogP contribution in [0.2, 0.25) is 0 Å². The summed E-state index contributed by atoms with van der Waals surface area (Å²) in [5, 5.41) is 9.55. The number of carbonyl (C=O) groups excluding carboxylic acids is 2. The number of nitrogens with zero attached hydrogens (tertiary/aromatic N) is 2. The number of halogens is 2. The van der Waals surface area contributed by atoms with E-state index in [9.17, 15) is 14.0 Å². The first-order valence-electron chi connectivity index (χ1n) is 13.0. The highest BCUT2D eigenvalue weighted by molar-refractivity contribution is 6.29. The predicted octanol–water partition coefficient (Wildman–Crippen LogP) is 7.22. The molecule has 0 fully saturated rings. The van der Waals surface area contributed by atoms with Crippen LogP contribution in [0.5, 0.6) is 0 Å². The summed E-state index contributed by atoms with van der Waals surface area (Å²) in [5.74, 6) is -0.297. The zero-order valence-corrected chi connectivity index (χ0v) is 23.4. The molecule has 7 heteroatoms. The fourth-order valence-corrected chi connectivity index (χ4v) is 4.84. The van der Waals surface area contributed by atoms with E-state index in [2.05, 4.69) is 0 Å². The molecule has 2 aromatic carbocycles. The Kier molecular flexibility index (Phi) is 10.0. The molecule has 1 unspecified atom stereocenters. The summed E-state index contributed by atoms with van der Waals surface area (Å²) in [5.41, 5.74) is 2.02. The van der Waals surface area contributed by atoms with Crippen molar-refractivity contribution in [3.05, 3.63) is 88.2 Å². The molecule has 0 radical (unpaired) electrons. The Morgan fingerprint density at radius 3 is 2.55 bits per heavy atom. The number of ketones is 1. The molecule has 5 nitrogen and oxygen atoms in total. The van der Waals surface area contributed by atoms with Crippen LogP contribution in [-0.4, -0.2) is 42.6 Å². The molecule has 1 aliphatic carbocycles. The van der Waals surface area contributed by atoms with E-state index >= 15 is 0 Å². The van der Waals surface area contributed by atoms with E-state index < -0.39 is 11.2 Å². The molecule has 0 saturated carbocycles. The molecule has 1 aliphatic rings. The van der Waals surface area contributed by atoms with E-state index in [1.165, 1.54) is 6.07 Å². The summed E-state index contributed by atoms with van der Waals surface area (Å²) in [6.45, 7) is 6.43. The fraction of sp³-hybridized carbons (Fsp3) is 0.387. The van der Waals surface area contributed by atoms with Gasteiger partial charge in [0.05, 0.1) is 5.69 Å². The van der Waals surface area contributed by atoms with Gasteiger partial charge in [0, 0.05) is 55.4 Å². The molecule has 1 amide bonds. The van der Waals surface area contributed by atoms with Crippen molar-refractivity contribution >= 4 is 34.8 Å². The van der Waals surface area contributed by atoms with Crippen molar-refractivity contribution in [2.45, 2.75) is 52.9 Å². The minimum atomic E-state index is -0.672. The Balaban J connectivity index is 1.69. The maximum atomic E-state index is 15.0. The molecule has 1 N–H and O–H groups in total. The predicted molar refractivity (Wildman–Crippen MR) is 154 cm³/mol. The second kappa shape index (κ2) is 13.0. The van der Waals surface area contributed by atoms with E-state index in [-0.39, 0.29) is 30.4 Å². The molecule has 0 aliphatic heterocycles. The summed E-state index contributed by atoms with van der Waals surface area (Å²) in [6.07, 6.45) is 7.72. The minimum Gasteiger partial charge on any atom is -0.342 e. The molecule has 0 saturated heterocycles. The Hall–Kier alpha value is -3.25. The Morgan fingerprint density at radius 1 is 1.11 bits per heavy atom. The molecule has 0 bridgehead atoms. The number of nitrogens with one attached hydrogen (secondary N) is 1. The van der Waals surface area contributed by atoms with E-state index in [4.69, 9.17) is 17.0 Å². The molecule has 202 valence electrons. The van der Waals surface area contributed by atoms with E-state index in [1.807, 2.05) is 63.3 Å². The molecule has 3 rings (SSSR count). The Morgan fingerprint density at radius 2 is 1.84 bits per heavy atom. The number of Topliss-reactive ketones (excluding diaryl/α,β-unsaturated/α-hetero) is 1. The normalized spacial score (nSPS) is 16.9. The highest BCUT2D eigenvalue weighted by Gasteiger charge is 2.30. The fourth-order valence-electron chi connectivity index (χ4n) is 4.68. The molecule has 0 heterocycles. The van der Waals surface area contributed by atoms with Gasteiger partial charge in [-0.3, -0.25) is 15.0 Å². The van der Waals surface area contributed by atoms with E-state index in [0.717, 1.165) is 10.6 Å². The van der Waals surface area contributed by atoms with Crippen LogP contribution < -0.4 is 4.90 Å². The Bertz CT molecular complexity index is 1240. The standard InChI is InChI=1S/C31H37ClFN3O2/c1-22-9-5-11-24(21-22)30(38)35(4)19-8-20-36(29-23(2)10-6-13-26(29)33)28(34)15-14-27(37)31(3)17-7-12-25(32)16-18-31/h5-7,9-11,13,16-17,21,34H,8,12,14-15,18-20H2,1-4H3. The van der Waals surface area contributed by atoms with Gasteiger partial charge in [0.1, 0.15) is 17.4 Å². The number of amides is 1. The lowest BCUT2D eigenvalue weighted by atomic mass is 9.80. The van der Waals surface area contributed by atoms with Crippen molar-refractivity contribution in [3.63, 3.8) is 0 Å². The van der Waals surface area contributed by atoms with Gasteiger partial charge < -0.3 is 9.80 Å². The lowest BCUT2D eigenvalue weighted by molar-refractivity contribution is -0.125. The average molecular weight is 538 g/mol. The molecular formula is C31H37ClFN3O2. The van der Waals surface area contributed by atoms with Gasteiger partial charge in [-0.1, -0.05) is 59.7 Å². The van der Waals surface area contributed by atoms with Crippen LogP contribution in [-0.2, 0) is 4.79 Å². The van der Waals surface area contributed by atoms with Crippen LogP contribution in [0, 0.1) is 30.5 Å². The van der Waals surface area contributed by atoms with Gasteiger partial charge in [0.15, 0.2) is 0 Å². The first-order valence-corrected chi connectivity index (χ1v) is 13.4. The number of aryl methyl sites for hydroxylation is 2. The first kappa shape index (κ1) is 29.3. The number of hydrogen-bond donors (Lipinski definition) is 1. The second-order valence-corrected chi connectivity index (χ2v) is 10.7.